The van der Waals surface area contributed by atoms with Gasteiger partial charge in [-0.3, -0.25) is 0 Å². The van der Waals surface area contributed by atoms with E-state index in [-0.39, 0.29) is 21.7 Å². The van der Waals surface area contributed by atoms with Crippen LogP contribution in [-0.4, -0.2) is 0 Å². The summed E-state index contributed by atoms with van der Waals surface area (Å²) in [7, 11) is 0. The fourth-order valence-electron chi connectivity index (χ4n) is 30.5. The first kappa shape index (κ1) is 91.8. The Labute approximate surface area is 874 Å². The van der Waals surface area contributed by atoms with Crippen molar-refractivity contribution in [1.82, 2.24) is 0 Å². The van der Waals surface area contributed by atoms with Crippen molar-refractivity contribution in [2.24, 2.45) is 0 Å². The maximum atomic E-state index is 2.81. The van der Waals surface area contributed by atoms with Gasteiger partial charge in [0.15, 0.2) is 0 Å². The fraction of sp³-hybridized carbons (Fsp3) is 0.292. The van der Waals surface area contributed by atoms with Gasteiger partial charge in [-0.05, 0) is 321 Å². The lowest BCUT2D eigenvalue weighted by Gasteiger charge is -2.33. The molecule has 722 valence electrons. The molecule has 0 saturated carbocycles. The largest absolute Gasteiger partial charge is 0.135 e. The van der Waals surface area contributed by atoms with Gasteiger partial charge in [0.2, 0.25) is 0 Å². The molecular weight excluding hydrogens is 1790 g/mol. The summed E-state index contributed by atoms with van der Waals surface area (Å²) in [5, 5.41) is 5.37. The maximum absolute atomic E-state index is 2.81. The molecular formula is C144H134S2. The topological polar surface area (TPSA) is 0 Å². The van der Waals surface area contributed by atoms with E-state index in [2.05, 4.69) is 383 Å². The second-order valence-corrected chi connectivity index (χ2v) is 48.2. The van der Waals surface area contributed by atoms with Crippen molar-refractivity contribution < 1.29 is 0 Å². The second-order valence-electron chi connectivity index (χ2n) is 46.1. The Hall–Kier alpha value is -12.8. The van der Waals surface area contributed by atoms with E-state index in [0.717, 1.165) is 0 Å². The molecule has 17 aromatic carbocycles. The SMILES string of the molecule is CCCCCCCCC1(CCCCCCCC)c2ccccc2-c2ccc(-c3ccc4c(c3)C(C)(C)c3cc(-c5cc6c(c7c5sc5ccccc57)-c5cc7c(cc5C65c6ccccc6-c6ccccc65)-c5c(cc(-c6ccc8c(c6)C(C)(C)c6cc(-c9ccc%10c(c9)C(CCCCCCCC)(CCCCCCCC)c9ccccc9-%10)ccc6-8)c6sc8ccccc8c56)C75c6ccccc6-c6ccccc65)ccc3-4)cc21. The highest BCUT2D eigenvalue weighted by Gasteiger charge is 2.59. The quantitative estimate of drug-likeness (QED) is 0.0369. The number of hydrogen-bond donors (Lipinski definition) is 0. The summed E-state index contributed by atoms with van der Waals surface area (Å²) in [4.78, 5) is 0. The minimum absolute atomic E-state index is 0.00767. The Kier molecular flexibility index (Phi) is 22.7. The Balaban J connectivity index is 0.605. The predicted molar refractivity (Wildman–Crippen MR) is 626 cm³/mol. The number of fused-ring (bicyclic) bond motifs is 40. The van der Waals surface area contributed by atoms with Crippen LogP contribution in [0.15, 0.2) is 328 Å². The van der Waals surface area contributed by atoms with Crippen molar-refractivity contribution in [2.45, 2.75) is 268 Å². The van der Waals surface area contributed by atoms with Crippen LogP contribution in [0.25, 0.3) is 174 Å². The molecule has 0 nitrogen and oxygen atoms in total. The van der Waals surface area contributed by atoms with Crippen LogP contribution < -0.4 is 0 Å². The van der Waals surface area contributed by atoms with E-state index in [9.17, 15) is 0 Å². The molecule has 0 aliphatic heterocycles. The van der Waals surface area contributed by atoms with Gasteiger partial charge in [0, 0.05) is 62.0 Å². The lowest BCUT2D eigenvalue weighted by atomic mass is 9.68. The van der Waals surface area contributed by atoms with E-state index in [4.69, 9.17) is 0 Å². The Morgan fingerprint density at radius 1 is 0.178 bits per heavy atom. The zero-order chi connectivity index (χ0) is 98.1. The highest BCUT2D eigenvalue weighted by molar-refractivity contribution is 7.27. The summed E-state index contributed by atoms with van der Waals surface area (Å²) in [6.07, 6.45) is 36.4. The molecule has 2 heteroatoms. The molecule has 0 radical (unpaired) electrons. The van der Waals surface area contributed by atoms with Gasteiger partial charge in [0.05, 0.1) is 10.8 Å². The van der Waals surface area contributed by atoms with E-state index in [1.807, 2.05) is 22.7 Å². The zero-order valence-corrected chi connectivity index (χ0v) is 88.4. The highest BCUT2D eigenvalue weighted by Crippen LogP contribution is 2.73. The average Bonchev–Trinajstić information content (AvgIpc) is 1.47. The molecule has 8 aliphatic rings. The molecule has 8 aliphatic carbocycles. The van der Waals surface area contributed by atoms with Crippen LogP contribution in [0.3, 0.4) is 0 Å². The van der Waals surface area contributed by atoms with Crippen molar-refractivity contribution in [3.8, 4) is 134 Å². The van der Waals surface area contributed by atoms with Crippen LogP contribution in [0.4, 0.5) is 0 Å². The maximum Gasteiger partial charge on any atom is 0.0726 e. The van der Waals surface area contributed by atoms with E-state index in [0.29, 0.717) is 0 Å². The van der Waals surface area contributed by atoms with Crippen LogP contribution in [0.1, 0.15) is 324 Å². The number of thiophene rings is 2. The monoisotopic (exact) mass is 1930 g/mol. The van der Waals surface area contributed by atoms with Gasteiger partial charge in [-0.2, -0.15) is 0 Å². The van der Waals surface area contributed by atoms with Crippen molar-refractivity contribution in [3.63, 3.8) is 0 Å². The van der Waals surface area contributed by atoms with E-state index < -0.39 is 10.8 Å². The summed E-state index contributed by atoms with van der Waals surface area (Å²) in [6, 6.07) is 133. The van der Waals surface area contributed by atoms with Crippen molar-refractivity contribution in [3.05, 3.63) is 417 Å². The van der Waals surface area contributed by atoms with Crippen LogP contribution in [0, 0.1) is 0 Å². The third kappa shape index (κ3) is 13.5. The standard InChI is InChI=1S/C144H134S2/c1-9-13-17-21-25-45-77-141(78-46-26-22-18-14-10-2)115-57-37-29-49-97(115)107-73-67-93(83-125(107)141)91-65-71-103-105-75-69-95(85-123(105)139(5,6)121(103)81-91)111-87-129-133(135-109-55-35-43-63-131(109)145-137(111)135)113-89-128-114(90-127(113)143(129)117-59-39-31-51-99(117)100-52-32-40-60-118(100)143)134-130(144(128)119-61-41-33-53-101(119)102-54-34-42-62-120(102)144)88-112(138-136(134)110-56-36-44-64-132(110)146-138)96-70-76-106-104-72-66-92(82-122(104)140(7,8)124(106)86-96)94-68-74-108-98-50-30-38-58-116(98)142(126(108)84-94,79-47-27-23-19-15-11-3)80-48-28-24-20-16-12-4/h29-44,49-76,81-90H,9-28,45-48,77-80H2,1-8H3. The van der Waals surface area contributed by atoms with Gasteiger partial charge in [0.1, 0.15) is 0 Å². The van der Waals surface area contributed by atoms with Crippen LogP contribution in [-0.2, 0) is 32.5 Å². The lowest BCUT2D eigenvalue weighted by molar-refractivity contribution is 0.398. The molecule has 146 heavy (non-hydrogen) atoms. The van der Waals surface area contributed by atoms with Gasteiger partial charge in [-0.25, -0.2) is 0 Å². The molecule has 0 amide bonds. The lowest BCUT2D eigenvalue weighted by Crippen LogP contribution is -2.27. The molecule has 0 saturated heterocycles. The fourth-order valence-corrected chi connectivity index (χ4v) is 33.0. The zero-order valence-electron chi connectivity index (χ0n) is 86.8. The average molecular weight is 1930 g/mol. The van der Waals surface area contributed by atoms with Crippen LogP contribution in [0.2, 0.25) is 0 Å². The molecule has 0 bridgehead atoms. The van der Waals surface area contributed by atoms with Gasteiger partial charge in [0.25, 0.3) is 0 Å². The molecule has 0 fully saturated rings. The first-order valence-electron chi connectivity index (χ1n) is 56.4. The molecule has 19 aromatic rings. The number of hydrogen-bond acceptors (Lipinski definition) is 2. The van der Waals surface area contributed by atoms with Crippen LogP contribution in [0.5, 0.6) is 0 Å². The van der Waals surface area contributed by atoms with E-state index >= 15 is 0 Å². The molecule has 2 aromatic heterocycles. The second kappa shape index (κ2) is 36.1. The summed E-state index contributed by atoms with van der Waals surface area (Å²) < 4.78 is 5.33. The van der Waals surface area contributed by atoms with Crippen molar-refractivity contribution >= 4 is 63.0 Å². The summed E-state index contributed by atoms with van der Waals surface area (Å²) >= 11 is 4.00. The van der Waals surface area contributed by atoms with E-state index in [1.54, 1.807) is 22.3 Å². The first-order chi connectivity index (χ1) is 71.8. The van der Waals surface area contributed by atoms with Gasteiger partial charge >= 0.3 is 0 Å². The molecule has 2 spiro atoms. The minimum atomic E-state index is -0.712. The third-order valence-corrected chi connectivity index (χ3v) is 39.9. The number of unbranched alkanes of at least 4 members (excludes halogenated alkanes) is 20. The first-order valence-corrected chi connectivity index (χ1v) is 58.0. The van der Waals surface area contributed by atoms with E-state index in [1.165, 1.54) is 420 Å². The van der Waals surface area contributed by atoms with Gasteiger partial charge in [-0.15, -0.1) is 22.7 Å². The Morgan fingerprint density at radius 3 is 0.726 bits per heavy atom. The molecule has 27 rings (SSSR count). The van der Waals surface area contributed by atoms with Crippen LogP contribution >= 0.6 is 22.7 Å². The van der Waals surface area contributed by atoms with Crippen molar-refractivity contribution in [1.29, 1.82) is 0 Å². The van der Waals surface area contributed by atoms with Gasteiger partial charge in [-0.1, -0.05) is 464 Å². The molecule has 2 heterocycles. The number of benzene rings is 17. The normalized spacial score (nSPS) is 15.4. The minimum Gasteiger partial charge on any atom is -0.135 e. The summed E-state index contributed by atoms with van der Waals surface area (Å²) in [5.41, 5.74) is 53.3. The third-order valence-electron chi connectivity index (χ3n) is 37.5. The summed E-state index contributed by atoms with van der Waals surface area (Å²) in [6.45, 7) is 19.5. The summed E-state index contributed by atoms with van der Waals surface area (Å²) in [5.74, 6) is 0. The molecule has 0 atom stereocenters. The predicted octanol–water partition coefficient (Wildman–Crippen LogP) is 41.9. The van der Waals surface area contributed by atoms with Crippen molar-refractivity contribution in [2.75, 3.05) is 0 Å². The smallest absolute Gasteiger partial charge is 0.0726 e. The molecule has 0 N–H and O–H groups in total. The molecule has 0 unspecified atom stereocenters. The Morgan fingerprint density at radius 2 is 0.411 bits per heavy atom. The number of rotatable bonds is 32. The van der Waals surface area contributed by atoms with Gasteiger partial charge < -0.3 is 0 Å². The Bertz CT molecular complexity index is 7900. The highest BCUT2D eigenvalue weighted by atomic mass is 32.1.